The van der Waals surface area contributed by atoms with E-state index in [0.29, 0.717) is 0 Å². The van der Waals surface area contributed by atoms with Crippen LogP contribution in [0, 0.1) is 18.3 Å². The van der Waals surface area contributed by atoms with Crippen LogP contribution >= 0.6 is 11.7 Å². The van der Waals surface area contributed by atoms with Gasteiger partial charge in [-0.3, -0.25) is 0 Å². The Morgan fingerprint density at radius 3 is 2.90 bits per heavy atom. The van der Waals surface area contributed by atoms with Crippen LogP contribution in [0.1, 0.15) is 11.4 Å². The predicted molar refractivity (Wildman–Crippen MR) is 73.5 cm³/mol. The lowest BCUT2D eigenvalue weighted by Crippen LogP contribution is -1.95. The highest BCUT2D eigenvalue weighted by atomic mass is 32.1. The molecule has 0 bridgehead atoms. The fraction of sp³-hybridized carbons (Fsp3) is 0.0909. The first-order chi connectivity index (χ1) is 9.78. The molecule has 3 rings (SSSR count). The van der Waals surface area contributed by atoms with Crippen molar-refractivity contribution in [2.75, 3.05) is 5.32 Å². The average molecular weight is 284 g/mol. The molecule has 0 saturated carbocycles. The summed E-state index contributed by atoms with van der Waals surface area (Å²) in [5.74, 6) is 0.244. The van der Waals surface area contributed by atoms with E-state index in [1.807, 2.05) is 25.1 Å². The molecule has 2 N–H and O–H groups in total. The summed E-state index contributed by atoms with van der Waals surface area (Å²) in [7, 11) is 0. The fourth-order valence-electron chi connectivity index (χ4n) is 1.66. The van der Waals surface area contributed by atoms with Crippen LogP contribution in [0.4, 0.5) is 5.69 Å². The molecule has 0 aliphatic heterocycles. The second-order valence-electron chi connectivity index (χ2n) is 3.97. The Balaban J connectivity index is 1.93. The minimum absolute atomic E-state index is 0.244. The highest BCUT2D eigenvalue weighted by Crippen LogP contribution is 2.22. The van der Waals surface area contributed by atoms with Gasteiger partial charge in [0.05, 0.1) is 11.7 Å². The van der Waals surface area contributed by atoms with Crippen molar-refractivity contribution in [2.24, 2.45) is 0 Å². The molecular formula is C11H8N8S. The third kappa shape index (κ3) is 2.19. The quantitative estimate of drug-likeness (QED) is 0.700. The standard InChI is InChI=1S/C11H8N8S/c1-6-2-9-10(17-20-16-9)3-8(6)13-5-7(4-12)11-14-18-19-15-11/h2-3,5,13H,1H3,(H,14,15,18,19). The van der Waals surface area contributed by atoms with E-state index in [2.05, 4.69) is 34.7 Å². The molecule has 2 aromatic heterocycles. The maximum atomic E-state index is 9.08. The lowest BCUT2D eigenvalue weighted by atomic mass is 10.1. The number of aryl methyl sites for hydroxylation is 1. The van der Waals surface area contributed by atoms with Crippen LogP contribution in [-0.2, 0) is 0 Å². The van der Waals surface area contributed by atoms with Crippen LogP contribution in [0.25, 0.3) is 16.6 Å². The number of nitrogens with one attached hydrogen (secondary N) is 2. The van der Waals surface area contributed by atoms with E-state index >= 15 is 0 Å². The van der Waals surface area contributed by atoms with Crippen LogP contribution in [0.15, 0.2) is 18.3 Å². The third-order valence-corrected chi connectivity index (χ3v) is 3.24. The smallest absolute Gasteiger partial charge is 0.216 e. The van der Waals surface area contributed by atoms with Crippen molar-refractivity contribution >= 4 is 34.0 Å². The Bertz CT molecular complexity index is 811. The minimum Gasteiger partial charge on any atom is -0.360 e. The van der Waals surface area contributed by atoms with Gasteiger partial charge >= 0.3 is 0 Å². The zero-order valence-corrected chi connectivity index (χ0v) is 11.1. The van der Waals surface area contributed by atoms with Crippen molar-refractivity contribution in [2.45, 2.75) is 6.92 Å². The van der Waals surface area contributed by atoms with E-state index in [0.717, 1.165) is 22.3 Å². The molecule has 0 fully saturated rings. The minimum atomic E-state index is 0.244. The highest BCUT2D eigenvalue weighted by Gasteiger charge is 2.07. The maximum absolute atomic E-state index is 9.08. The summed E-state index contributed by atoms with van der Waals surface area (Å²) in [5, 5.41) is 25.4. The van der Waals surface area contributed by atoms with Gasteiger partial charge in [-0.05, 0) is 29.8 Å². The molecule has 0 atom stereocenters. The molecule has 0 saturated heterocycles. The average Bonchev–Trinajstić information content (AvgIpc) is 3.10. The number of hydrogen-bond donors (Lipinski definition) is 2. The number of anilines is 1. The molecule has 0 aliphatic carbocycles. The molecule has 0 radical (unpaired) electrons. The molecule has 9 heteroatoms. The topological polar surface area (TPSA) is 116 Å². The summed E-state index contributed by atoms with van der Waals surface area (Å²) in [6, 6.07) is 5.84. The zero-order valence-electron chi connectivity index (χ0n) is 10.3. The van der Waals surface area contributed by atoms with Gasteiger partial charge in [-0.15, -0.1) is 10.2 Å². The molecule has 2 heterocycles. The van der Waals surface area contributed by atoms with Gasteiger partial charge in [0.2, 0.25) is 5.82 Å². The molecule has 20 heavy (non-hydrogen) atoms. The fourth-order valence-corrected chi connectivity index (χ4v) is 2.17. The molecule has 1 aromatic carbocycles. The van der Waals surface area contributed by atoms with Crippen LogP contribution < -0.4 is 5.32 Å². The zero-order chi connectivity index (χ0) is 13.9. The van der Waals surface area contributed by atoms with E-state index in [1.165, 1.54) is 11.7 Å². The number of tetrazole rings is 1. The predicted octanol–water partition coefficient (Wildman–Crippen LogP) is 1.49. The molecule has 8 nitrogen and oxygen atoms in total. The van der Waals surface area contributed by atoms with Crippen molar-refractivity contribution in [1.29, 1.82) is 5.26 Å². The Labute approximate surface area is 117 Å². The third-order valence-electron chi connectivity index (χ3n) is 2.68. The Hall–Kier alpha value is -2.86. The van der Waals surface area contributed by atoms with E-state index in [9.17, 15) is 0 Å². The first-order valence-electron chi connectivity index (χ1n) is 5.61. The van der Waals surface area contributed by atoms with Crippen LogP contribution in [0.3, 0.4) is 0 Å². The number of fused-ring (bicyclic) bond motifs is 1. The number of H-pyrrole nitrogens is 1. The SMILES string of the molecule is Cc1cc2nsnc2cc1NC=C(C#N)c1nn[nH]n1. The molecule has 0 spiro atoms. The van der Waals surface area contributed by atoms with Gasteiger partial charge in [0, 0.05) is 11.9 Å². The first kappa shape index (κ1) is 12.2. The van der Waals surface area contributed by atoms with E-state index in [-0.39, 0.29) is 11.4 Å². The lowest BCUT2D eigenvalue weighted by Gasteiger charge is -2.05. The van der Waals surface area contributed by atoms with Gasteiger partial charge in [0.1, 0.15) is 22.7 Å². The van der Waals surface area contributed by atoms with E-state index in [4.69, 9.17) is 5.26 Å². The lowest BCUT2D eigenvalue weighted by molar-refractivity contribution is 0.881. The summed E-state index contributed by atoms with van der Waals surface area (Å²) in [4.78, 5) is 0. The monoisotopic (exact) mass is 284 g/mol. The van der Waals surface area contributed by atoms with Crippen LogP contribution in [0.2, 0.25) is 0 Å². The number of aromatic amines is 1. The number of allylic oxidation sites excluding steroid dienone is 1. The Morgan fingerprint density at radius 1 is 1.40 bits per heavy atom. The highest BCUT2D eigenvalue weighted by molar-refractivity contribution is 7.00. The van der Waals surface area contributed by atoms with Gasteiger partial charge in [0.15, 0.2) is 0 Å². The largest absolute Gasteiger partial charge is 0.360 e. The van der Waals surface area contributed by atoms with Crippen molar-refractivity contribution < 1.29 is 0 Å². The summed E-state index contributed by atoms with van der Waals surface area (Å²) in [6.07, 6.45) is 1.54. The maximum Gasteiger partial charge on any atom is 0.216 e. The molecule has 0 aliphatic rings. The second kappa shape index (κ2) is 5.02. The molecule has 0 unspecified atom stereocenters. The van der Waals surface area contributed by atoms with Gasteiger partial charge in [-0.2, -0.15) is 19.2 Å². The van der Waals surface area contributed by atoms with Crippen molar-refractivity contribution in [3.8, 4) is 6.07 Å². The van der Waals surface area contributed by atoms with Gasteiger partial charge in [-0.25, -0.2) is 0 Å². The summed E-state index contributed by atoms with van der Waals surface area (Å²) in [6.45, 7) is 1.95. The van der Waals surface area contributed by atoms with Gasteiger partial charge < -0.3 is 5.32 Å². The Kier molecular flexibility index (Phi) is 3.06. The van der Waals surface area contributed by atoms with Gasteiger partial charge in [0.25, 0.3) is 0 Å². The van der Waals surface area contributed by atoms with Crippen molar-refractivity contribution in [1.82, 2.24) is 29.4 Å². The van der Waals surface area contributed by atoms with Gasteiger partial charge in [-0.1, -0.05) is 0 Å². The number of nitrogens with zero attached hydrogens (tertiary/aromatic N) is 6. The van der Waals surface area contributed by atoms with Crippen LogP contribution in [0.5, 0.6) is 0 Å². The number of nitriles is 1. The second-order valence-corrected chi connectivity index (χ2v) is 4.50. The molecule has 0 amide bonds. The number of benzene rings is 1. The molecule has 98 valence electrons. The van der Waals surface area contributed by atoms with Crippen molar-refractivity contribution in [3.63, 3.8) is 0 Å². The normalized spacial score (nSPS) is 11.5. The number of rotatable bonds is 3. The Morgan fingerprint density at radius 2 is 2.20 bits per heavy atom. The van der Waals surface area contributed by atoms with Crippen LogP contribution in [-0.4, -0.2) is 29.4 Å². The summed E-state index contributed by atoms with van der Waals surface area (Å²) in [5.41, 5.74) is 3.82. The number of hydrogen-bond acceptors (Lipinski definition) is 8. The van der Waals surface area contributed by atoms with E-state index < -0.39 is 0 Å². The molecular weight excluding hydrogens is 276 g/mol. The number of aromatic nitrogens is 6. The van der Waals surface area contributed by atoms with E-state index in [1.54, 1.807) is 6.20 Å². The summed E-state index contributed by atoms with van der Waals surface area (Å²) < 4.78 is 8.36. The summed E-state index contributed by atoms with van der Waals surface area (Å²) >= 11 is 1.17. The van der Waals surface area contributed by atoms with Crippen molar-refractivity contribution in [3.05, 3.63) is 29.7 Å². The molecule has 3 aromatic rings. The first-order valence-corrected chi connectivity index (χ1v) is 6.34.